The van der Waals surface area contributed by atoms with Gasteiger partial charge < -0.3 is 5.11 Å². The number of hydrogen-bond acceptors (Lipinski definition) is 2. The van der Waals surface area contributed by atoms with Gasteiger partial charge in [-0.15, -0.1) is 0 Å². The molecule has 0 aliphatic heterocycles. The number of hydrogen-bond donors (Lipinski definition) is 1. The lowest BCUT2D eigenvalue weighted by atomic mass is 10.1. The number of benzene rings is 1. The minimum absolute atomic E-state index is 0.163. The maximum Gasteiger partial charge on any atom is 0.416 e. The highest BCUT2D eigenvalue weighted by atomic mass is 19.4. The molecule has 110 valence electrons. The second-order valence-corrected chi connectivity index (χ2v) is 5.12. The van der Waals surface area contributed by atoms with Gasteiger partial charge in [0.05, 0.1) is 5.56 Å². The third-order valence-electron chi connectivity index (χ3n) is 3.49. The molecule has 2 rings (SSSR count). The van der Waals surface area contributed by atoms with Crippen LogP contribution in [0, 0.1) is 0 Å². The Kier molecular flexibility index (Phi) is 4.04. The molecule has 0 radical (unpaired) electrons. The Hall–Kier alpha value is -1.56. The maximum atomic E-state index is 12.7. The number of carboxylic acids is 1. The van der Waals surface area contributed by atoms with Crippen molar-refractivity contribution in [1.82, 2.24) is 4.90 Å². The zero-order valence-electron chi connectivity index (χ0n) is 11.0. The van der Waals surface area contributed by atoms with Gasteiger partial charge in [0.25, 0.3) is 0 Å². The van der Waals surface area contributed by atoms with E-state index in [1.807, 2.05) is 0 Å². The molecule has 0 bridgehead atoms. The van der Waals surface area contributed by atoms with Crippen molar-refractivity contribution in [3.63, 3.8) is 0 Å². The van der Waals surface area contributed by atoms with Crippen LogP contribution in [0.25, 0.3) is 0 Å². The zero-order valence-corrected chi connectivity index (χ0v) is 11.0. The van der Waals surface area contributed by atoms with Gasteiger partial charge in [0.15, 0.2) is 0 Å². The fraction of sp³-hybridized carbons (Fsp3) is 0.500. The third-order valence-corrected chi connectivity index (χ3v) is 3.49. The largest absolute Gasteiger partial charge is 0.480 e. The van der Waals surface area contributed by atoms with Gasteiger partial charge in [-0.1, -0.05) is 18.2 Å². The topological polar surface area (TPSA) is 40.5 Å². The summed E-state index contributed by atoms with van der Waals surface area (Å²) >= 11 is 0. The summed E-state index contributed by atoms with van der Waals surface area (Å²) in [5.74, 6) is -0.955. The van der Waals surface area contributed by atoms with E-state index in [2.05, 4.69) is 0 Å². The number of carboxylic acid groups (broad SMARTS) is 1. The van der Waals surface area contributed by atoms with Crippen molar-refractivity contribution in [1.29, 1.82) is 0 Å². The van der Waals surface area contributed by atoms with Crippen LogP contribution in [-0.2, 0) is 17.5 Å². The van der Waals surface area contributed by atoms with Gasteiger partial charge in [-0.3, -0.25) is 9.69 Å². The number of halogens is 3. The molecule has 3 nitrogen and oxygen atoms in total. The van der Waals surface area contributed by atoms with Crippen LogP contribution in [0.3, 0.4) is 0 Å². The van der Waals surface area contributed by atoms with Crippen molar-refractivity contribution in [2.45, 2.75) is 44.6 Å². The summed E-state index contributed by atoms with van der Waals surface area (Å²) in [6, 6.07) is 4.52. The summed E-state index contributed by atoms with van der Waals surface area (Å²) < 4.78 is 38.0. The van der Waals surface area contributed by atoms with Gasteiger partial charge >= 0.3 is 12.1 Å². The molecule has 1 atom stereocenters. The van der Waals surface area contributed by atoms with Crippen LogP contribution in [0.5, 0.6) is 0 Å². The van der Waals surface area contributed by atoms with Gasteiger partial charge in [0, 0.05) is 12.6 Å². The van der Waals surface area contributed by atoms with Crippen molar-refractivity contribution in [2.24, 2.45) is 0 Å². The highest BCUT2D eigenvalue weighted by Crippen LogP contribution is 2.32. The summed E-state index contributed by atoms with van der Waals surface area (Å²) in [6.07, 6.45) is -2.58. The molecule has 1 aliphatic carbocycles. The minimum Gasteiger partial charge on any atom is -0.480 e. The molecule has 1 unspecified atom stereocenters. The molecule has 1 saturated carbocycles. The number of rotatable bonds is 5. The Labute approximate surface area is 115 Å². The van der Waals surface area contributed by atoms with Gasteiger partial charge in [0.1, 0.15) is 6.04 Å². The highest BCUT2D eigenvalue weighted by molar-refractivity contribution is 5.73. The van der Waals surface area contributed by atoms with E-state index < -0.39 is 23.8 Å². The molecule has 6 heteroatoms. The highest BCUT2D eigenvalue weighted by Gasteiger charge is 2.35. The quantitative estimate of drug-likeness (QED) is 0.904. The smallest absolute Gasteiger partial charge is 0.416 e. The Morgan fingerprint density at radius 2 is 2.10 bits per heavy atom. The molecule has 20 heavy (non-hydrogen) atoms. The first-order valence-electron chi connectivity index (χ1n) is 6.43. The van der Waals surface area contributed by atoms with E-state index in [0.29, 0.717) is 5.56 Å². The summed E-state index contributed by atoms with van der Waals surface area (Å²) in [5, 5.41) is 9.07. The van der Waals surface area contributed by atoms with Crippen molar-refractivity contribution < 1.29 is 23.1 Å². The number of aliphatic carboxylic acids is 1. The standard InChI is InChI=1S/C14H16F3NO2/c1-9(13(19)20)18(12-5-6-12)8-10-3-2-4-11(7-10)14(15,16)17/h2-4,7,9,12H,5-6,8H2,1H3,(H,19,20). The summed E-state index contributed by atoms with van der Waals surface area (Å²) in [6.45, 7) is 1.79. The first kappa shape index (κ1) is 14.8. The normalized spacial score (nSPS) is 17.2. The second-order valence-electron chi connectivity index (χ2n) is 5.12. The lowest BCUT2D eigenvalue weighted by Gasteiger charge is -2.26. The van der Waals surface area contributed by atoms with Crippen LogP contribution in [0.15, 0.2) is 24.3 Å². The Balaban J connectivity index is 2.17. The molecule has 0 heterocycles. The van der Waals surface area contributed by atoms with E-state index in [1.54, 1.807) is 17.9 Å². The fourth-order valence-electron chi connectivity index (χ4n) is 2.19. The van der Waals surface area contributed by atoms with E-state index >= 15 is 0 Å². The van der Waals surface area contributed by atoms with Crippen molar-refractivity contribution in [3.05, 3.63) is 35.4 Å². The fourth-order valence-corrected chi connectivity index (χ4v) is 2.19. The first-order chi connectivity index (χ1) is 9.29. The maximum absolute atomic E-state index is 12.7. The monoisotopic (exact) mass is 287 g/mol. The minimum atomic E-state index is -4.38. The molecule has 0 spiro atoms. The molecule has 0 aromatic heterocycles. The van der Waals surface area contributed by atoms with Crippen molar-refractivity contribution in [2.75, 3.05) is 0 Å². The van der Waals surface area contributed by atoms with Crippen LogP contribution >= 0.6 is 0 Å². The van der Waals surface area contributed by atoms with E-state index in [4.69, 9.17) is 5.11 Å². The Morgan fingerprint density at radius 3 is 2.60 bits per heavy atom. The van der Waals surface area contributed by atoms with Crippen LogP contribution in [0.4, 0.5) is 13.2 Å². The third kappa shape index (κ3) is 3.50. The average Bonchev–Trinajstić information content (AvgIpc) is 3.18. The van der Waals surface area contributed by atoms with Crippen LogP contribution in [-0.4, -0.2) is 28.1 Å². The van der Waals surface area contributed by atoms with E-state index in [-0.39, 0.29) is 12.6 Å². The molecule has 1 aromatic rings. The number of alkyl halides is 3. The van der Waals surface area contributed by atoms with E-state index in [1.165, 1.54) is 6.07 Å². The molecule has 1 N–H and O–H groups in total. The molecule has 1 fully saturated rings. The van der Waals surface area contributed by atoms with Crippen LogP contribution in [0.1, 0.15) is 30.9 Å². The van der Waals surface area contributed by atoms with Gasteiger partial charge in [-0.05, 0) is 31.4 Å². The van der Waals surface area contributed by atoms with Gasteiger partial charge in [-0.25, -0.2) is 0 Å². The molecule has 0 saturated heterocycles. The first-order valence-corrected chi connectivity index (χ1v) is 6.43. The van der Waals surface area contributed by atoms with Gasteiger partial charge in [0.2, 0.25) is 0 Å². The predicted octanol–water partition coefficient (Wildman–Crippen LogP) is 3.14. The van der Waals surface area contributed by atoms with Crippen molar-refractivity contribution in [3.8, 4) is 0 Å². The van der Waals surface area contributed by atoms with Crippen molar-refractivity contribution >= 4 is 5.97 Å². The van der Waals surface area contributed by atoms with E-state index in [0.717, 1.165) is 25.0 Å². The molecule has 1 aliphatic rings. The Morgan fingerprint density at radius 1 is 1.45 bits per heavy atom. The SMILES string of the molecule is CC(C(=O)O)N(Cc1cccc(C(F)(F)F)c1)C1CC1. The summed E-state index contributed by atoms with van der Waals surface area (Å²) in [7, 11) is 0. The number of carbonyl (C=O) groups is 1. The summed E-state index contributed by atoms with van der Waals surface area (Å²) in [4.78, 5) is 12.8. The molecule has 0 amide bonds. The van der Waals surface area contributed by atoms with Crippen LogP contribution in [0.2, 0.25) is 0 Å². The lowest BCUT2D eigenvalue weighted by molar-refractivity contribution is -0.143. The van der Waals surface area contributed by atoms with E-state index in [9.17, 15) is 18.0 Å². The zero-order chi connectivity index (χ0) is 14.9. The lowest BCUT2D eigenvalue weighted by Crippen LogP contribution is -2.40. The average molecular weight is 287 g/mol. The van der Waals surface area contributed by atoms with Gasteiger partial charge in [-0.2, -0.15) is 13.2 Å². The molecular formula is C14H16F3NO2. The molecule has 1 aromatic carbocycles. The van der Waals surface area contributed by atoms with Crippen LogP contribution < -0.4 is 0 Å². The number of nitrogens with zero attached hydrogens (tertiary/aromatic N) is 1. The summed E-state index contributed by atoms with van der Waals surface area (Å²) in [5.41, 5.74) is -0.214. The second kappa shape index (κ2) is 5.44. The molecular weight excluding hydrogens is 271 g/mol. The Bertz CT molecular complexity index is 497. The predicted molar refractivity (Wildman–Crippen MR) is 67.1 cm³/mol.